The molecule has 2 aliphatic heterocycles. The van der Waals surface area contributed by atoms with Crippen LogP contribution < -0.4 is 0 Å². The van der Waals surface area contributed by atoms with Crippen LogP contribution in [0.4, 0.5) is 8.78 Å². The third-order valence-corrected chi connectivity index (χ3v) is 7.39. The Bertz CT molecular complexity index is 849. The van der Waals surface area contributed by atoms with Crippen LogP contribution in [0, 0.1) is 11.3 Å². The lowest BCUT2D eigenvalue weighted by molar-refractivity contribution is -0.223. The van der Waals surface area contributed by atoms with Gasteiger partial charge in [0.2, 0.25) is 11.8 Å². The van der Waals surface area contributed by atoms with Crippen LogP contribution in [0.3, 0.4) is 0 Å². The molecule has 1 atom stereocenters. The second-order valence-corrected chi connectivity index (χ2v) is 9.47. The van der Waals surface area contributed by atoms with Crippen LogP contribution in [-0.4, -0.2) is 53.7 Å². The standard InChI is InChI=1S/C23H27ClF2N2O2/c1-2-20(29)28-13-22(14-28)9-10-27(15-23(22,25)26)21(30)19(11-16-5-3-6-16)17-7-4-8-18(24)12-17/h2,4,7-8,12,16,19H,1,3,5-6,9-11,13-15H2/t19-/m0/s1. The van der Waals surface area contributed by atoms with Crippen LogP contribution in [0.25, 0.3) is 0 Å². The highest BCUT2D eigenvalue weighted by Crippen LogP contribution is 2.50. The minimum absolute atomic E-state index is 0.0205. The Hall–Kier alpha value is -1.95. The summed E-state index contributed by atoms with van der Waals surface area (Å²) in [6.07, 6.45) is 5.34. The van der Waals surface area contributed by atoms with E-state index in [2.05, 4.69) is 6.58 Å². The highest BCUT2D eigenvalue weighted by atomic mass is 35.5. The summed E-state index contributed by atoms with van der Waals surface area (Å²) in [5.74, 6) is -3.58. The van der Waals surface area contributed by atoms with E-state index in [1.807, 2.05) is 6.07 Å². The fourth-order valence-electron chi connectivity index (χ4n) is 4.95. The molecule has 1 aromatic carbocycles. The number of hydrogen-bond donors (Lipinski definition) is 0. The lowest BCUT2D eigenvalue weighted by atomic mass is 9.68. The number of nitrogens with zero attached hydrogens (tertiary/aromatic N) is 2. The first kappa shape index (κ1) is 21.3. The highest BCUT2D eigenvalue weighted by Gasteiger charge is 2.63. The number of alkyl halides is 2. The zero-order valence-corrected chi connectivity index (χ0v) is 17.7. The molecular formula is C23H27ClF2N2O2. The number of halogens is 3. The molecule has 1 aromatic rings. The van der Waals surface area contributed by atoms with Crippen molar-refractivity contribution in [2.24, 2.45) is 11.3 Å². The molecule has 30 heavy (non-hydrogen) atoms. The second kappa shape index (κ2) is 7.95. The van der Waals surface area contributed by atoms with Crippen LogP contribution in [0.2, 0.25) is 5.02 Å². The van der Waals surface area contributed by atoms with Gasteiger partial charge in [0.05, 0.1) is 17.9 Å². The van der Waals surface area contributed by atoms with Crippen molar-refractivity contribution in [3.8, 4) is 0 Å². The molecule has 0 radical (unpaired) electrons. The summed E-state index contributed by atoms with van der Waals surface area (Å²) < 4.78 is 30.3. The van der Waals surface area contributed by atoms with Crippen LogP contribution in [0.5, 0.6) is 0 Å². The van der Waals surface area contributed by atoms with E-state index in [1.54, 1.807) is 18.2 Å². The molecule has 0 unspecified atom stereocenters. The number of carbonyl (C=O) groups is 2. The zero-order chi connectivity index (χ0) is 21.5. The summed E-state index contributed by atoms with van der Waals surface area (Å²) in [6, 6.07) is 7.19. The van der Waals surface area contributed by atoms with E-state index >= 15 is 8.78 Å². The van der Waals surface area contributed by atoms with E-state index in [0.717, 1.165) is 30.9 Å². The monoisotopic (exact) mass is 436 g/mol. The fraction of sp³-hybridized carbons (Fsp3) is 0.565. The molecule has 1 spiro atoms. The number of carbonyl (C=O) groups excluding carboxylic acids is 2. The van der Waals surface area contributed by atoms with E-state index in [1.165, 1.54) is 9.80 Å². The fourth-order valence-corrected chi connectivity index (χ4v) is 5.15. The van der Waals surface area contributed by atoms with Crippen molar-refractivity contribution >= 4 is 23.4 Å². The molecule has 4 rings (SSSR count). The van der Waals surface area contributed by atoms with Crippen LogP contribution in [-0.2, 0) is 9.59 Å². The van der Waals surface area contributed by atoms with E-state index < -0.39 is 23.8 Å². The Balaban J connectivity index is 1.49. The molecule has 3 aliphatic rings. The van der Waals surface area contributed by atoms with Gasteiger partial charge < -0.3 is 9.80 Å². The molecule has 2 amide bonds. The van der Waals surface area contributed by atoms with E-state index in [9.17, 15) is 9.59 Å². The van der Waals surface area contributed by atoms with E-state index in [0.29, 0.717) is 17.4 Å². The van der Waals surface area contributed by atoms with Crippen LogP contribution in [0.1, 0.15) is 43.6 Å². The van der Waals surface area contributed by atoms with Gasteiger partial charge in [0.1, 0.15) is 0 Å². The first-order valence-electron chi connectivity index (χ1n) is 10.6. The van der Waals surface area contributed by atoms with Crippen LogP contribution in [0.15, 0.2) is 36.9 Å². The van der Waals surface area contributed by atoms with Gasteiger partial charge >= 0.3 is 0 Å². The summed E-state index contributed by atoms with van der Waals surface area (Å²) >= 11 is 6.14. The van der Waals surface area contributed by atoms with Gasteiger partial charge in [-0.2, -0.15) is 0 Å². The third-order valence-electron chi connectivity index (χ3n) is 7.15. The smallest absolute Gasteiger partial charge is 0.274 e. The van der Waals surface area contributed by atoms with Gasteiger partial charge in [-0.1, -0.05) is 49.6 Å². The largest absolute Gasteiger partial charge is 0.337 e. The lowest BCUT2D eigenvalue weighted by Gasteiger charge is -2.57. The van der Waals surface area contributed by atoms with Crippen molar-refractivity contribution in [3.05, 3.63) is 47.5 Å². The Labute approximate surface area is 180 Å². The van der Waals surface area contributed by atoms with Gasteiger partial charge in [0.15, 0.2) is 0 Å². The van der Waals surface area contributed by atoms with Gasteiger partial charge in [0, 0.05) is 24.7 Å². The average molecular weight is 437 g/mol. The number of benzene rings is 1. The molecule has 2 saturated heterocycles. The summed E-state index contributed by atoms with van der Waals surface area (Å²) in [6.45, 7) is 3.15. The lowest BCUT2D eigenvalue weighted by Crippen LogP contribution is -2.71. The molecule has 0 aromatic heterocycles. The maximum absolute atomic E-state index is 15.1. The van der Waals surface area contributed by atoms with Gasteiger partial charge in [-0.15, -0.1) is 0 Å². The third kappa shape index (κ3) is 3.75. The van der Waals surface area contributed by atoms with Gasteiger partial charge in [-0.3, -0.25) is 9.59 Å². The minimum Gasteiger partial charge on any atom is -0.337 e. The maximum Gasteiger partial charge on any atom is 0.274 e. The average Bonchev–Trinajstić information content (AvgIpc) is 2.64. The predicted octanol–water partition coefficient (Wildman–Crippen LogP) is 4.50. The van der Waals surface area contributed by atoms with E-state index in [4.69, 9.17) is 11.6 Å². The molecule has 162 valence electrons. The Morgan fingerprint density at radius 1 is 1.23 bits per heavy atom. The Kier molecular flexibility index (Phi) is 5.64. The van der Waals surface area contributed by atoms with Crippen molar-refractivity contribution in [1.29, 1.82) is 0 Å². The molecule has 2 heterocycles. The Morgan fingerprint density at radius 3 is 2.53 bits per heavy atom. The number of rotatable bonds is 5. The number of likely N-dealkylation sites (tertiary alicyclic amines) is 2. The molecule has 4 nitrogen and oxygen atoms in total. The second-order valence-electron chi connectivity index (χ2n) is 9.03. The normalized spacial score (nSPS) is 23.4. The van der Waals surface area contributed by atoms with Gasteiger partial charge in [-0.05, 0) is 42.5 Å². The summed E-state index contributed by atoms with van der Waals surface area (Å²) in [4.78, 5) is 27.8. The molecular weight excluding hydrogens is 410 g/mol. The molecule has 7 heteroatoms. The first-order chi connectivity index (χ1) is 14.2. The van der Waals surface area contributed by atoms with Gasteiger partial charge in [-0.25, -0.2) is 8.78 Å². The zero-order valence-electron chi connectivity index (χ0n) is 17.0. The highest BCUT2D eigenvalue weighted by molar-refractivity contribution is 6.30. The molecule has 0 N–H and O–H groups in total. The molecule has 3 fully saturated rings. The molecule has 1 saturated carbocycles. The molecule has 0 bridgehead atoms. The van der Waals surface area contributed by atoms with Crippen LogP contribution >= 0.6 is 11.6 Å². The van der Waals surface area contributed by atoms with Crippen molar-refractivity contribution in [3.63, 3.8) is 0 Å². The SMILES string of the molecule is C=CC(=O)N1CC2(CCN(C(=O)[C@@H](CC3CCC3)c3cccc(Cl)c3)CC2(F)F)C1. The quantitative estimate of drug-likeness (QED) is 0.638. The minimum atomic E-state index is -3.03. The van der Waals surface area contributed by atoms with Crippen molar-refractivity contribution in [2.45, 2.75) is 43.9 Å². The van der Waals surface area contributed by atoms with E-state index in [-0.39, 0.29) is 37.9 Å². The van der Waals surface area contributed by atoms with Crippen molar-refractivity contribution in [1.82, 2.24) is 9.80 Å². The van der Waals surface area contributed by atoms with Gasteiger partial charge in [0.25, 0.3) is 5.92 Å². The van der Waals surface area contributed by atoms with Crippen molar-refractivity contribution < 1.29 is 18.4 Å². The summed E-state index contributed by atoms with van der Waals surface area (Å²) in [5.41, 5.74) is -0.434. The number of hydrogen-bond acceptors (Lipinski definition) is 2. The first-order valence-corrected chi connectivity index (χ1v) is 11.0. The maximum atomic E-state index is 15.1. The number of piperidine rings is 1. The summed E-state index contributed by atoms with van der Waals surface area (Å²) in [7, 11) is 0. The predicted molar refractivity (Wildman–Crippen MR) is 112 cm³/mol. The Morgan fingerprint density at radius 2 is 1.97 bits per heavy atom. The summed E-state index contributed by atoms with van der Waals surface area (Å²) in [5, 5.41) is 0.545. The topological polar surface area (TPSA) is 40.6 Å². The van der Waals surface area contributed by atoms with Crippen molar-refractivity contribution in [2.75, 3.05) is 26.2 Å². The molecule has 1 aliphatic carbocycles. The number of amides is 2.